The summed E-state index contributed by atoms with van der Waals surface area (Å²) in [5.74, 6) is 1.73. The van der Waals surface area contributed by atoms with Gasteiger partial charge in [-0.1, -0.05) is 11.6 Å². The van der Waals surface area contributed by atoms with Crippen LogP contribution in [0.4, 0.5) is 11.6 Å². The number of amidine groups is 1. The van der Waals surface area contributed by atoms with Gasteiger partial charge in [-0.3, -0.25) is 4.79 Å². The molecular formula is C19H18ClN3O4S. The van der Waals surface area contributed by atoms with Crippen molar-refractivity contribution in [1.29, 1.82) is 0 Å². The molecule has 2 aromatic rings. The van der Waals surface area contributed by atoms with E-state index in [1.165, 1.54) is 11.8 Å². The normalized spacial score (nSPS) is 20.1. The first-order chi connectivity index (χ1) is 13.6. The van der Waals surface area contributed by atoms with E-state index in [9.17, 15) is 4.79 Å². The standard InChI is InChI=1S/C19H18ClN3O4S/c1-25-15-4-2-12(20)10-14(15)21-19-22-18(24)16(28-19)11-13-3-5-17(27-13)23-6-8-26-9-7-23/h2-5,10-11H,6-9H2,1H3,(H,21,22,24)/b16-11-. The lowest BCUT2D eigenvalue weighted by atomic mass is 10.3. The van der Waals surface area contributed by atoms with Crippen LogP contribution in [0.3, 0.4) is 0 Å². The maximum atomic E-state index is 12.3. The van der Waals surface area contributed by atoms with Gasteiger partial charge in [-0.2, -0.15) is 0 Å². The van der Waals surface area contributed by atoms with Crippen molar-refractivity contribution >= 4 is 52.1 Å². The molecule has 2 aliphatic heterocycles. The third-order valence-electron chi connectivity index (χ3n) is 4.22. The summed E-state index contributed by atoms with van der Waals surface area (Å²) in [6.45, 7) is 2.94. The highest BCUT2D eigenvalue weighted by Gasteiger charge is 2.25. The summed E-state index contributed by atoms with van der Waals surface area (Å²) in [6, 6.07) is 8.89. The number of nitrogens with zero attached hydrogens (tertiary/aromatic N) is 2. The molecule has 0 radical (unpaired) electrons. The summed E-state index contributed by atoms with van der Waals surface area (Å²) in [5.41, 5.74) is 0.548. The second-order valence-corrected chi connectivity index (χ2v) is 7.54. The number of nitrogens with one attached hydrogen (secondary N) is 1. The Morgan fingerprint density at radius 2 is 2.11 bits per heavy atom. The van der Waals surface area contributed by atoms with Gasteiger partial charge >= 0.3 is 0 Å². The molecule has 1 aromatic heterocycles. The first-order valence-corrected chi connectivity index (χ1v) is 9.87. The average Bonchev–Trinajstić information content (AvgIpc) is 3.30. The lowest BCUT2D eigenvalue weighted by molar-refractivity contribution is -0.115. The maximum absolute atomic E-state index is 12.3. The molecule has 0 bridgehead atoms. The highest BCUT2D eigenvalue weighted by molar-refractivity contribution is 8.18. The van der Waals surface area contributed by atoms with Gasteiger partial charge in [0, 0.05) is 30.3 Å². The molecule has 0 atom stereocenters. The zero-order valence-corrected chi connectivity index (χ0v) is 16.7. The molecule has 1 amide bonds. The van der Waals surface area contributed by atoms with Crippen LogP contribution in [0.5, 0.6) is 5.75 Å². The quantitative estimate of drug-likeness (QED) is 0.762. The Hall–Kier alpha value is -2.42. The molecule has 3 heterocycles. The SMILES string of the molecule is COc1ccc(Cl)cc1N=C1NC(=O)/C(=C/c2ccc(N3CCOCC3)o2)S1. The molecule has 2 aliphatic rings. The molecule has 7 nitrogen and oxygen atoms in total. The summed E-state index contributed by atoms with van der Waals surface area (Å²) in [6.07, 6.45) is 1.71. The third kappa shape index (κ3) is 4.19. The number of morpholine rings is 1. The van der Waals surface area contributed by atoms with Crippen LogP contribution in [0.1, 0.15) is 5.76 Å². The molecule has 9 heteroatoms. The van der Waals surface area contributed by atoms with Crippen LogP contribution in [0.2, 0.25) is 5.02 Å². The smallest absolute Gasteiger partial charge is 0.264 e. The minimum Gasteiger partial charge on any atom is -0.494 e. The third-order valence-corrected chi connectivity index (χ3v) is 5.37. The monoisotopic (exact) mass is 419 g/mol. The van der Waals surface area contributed by atoms with Gasteiger partial charge in [0.1, 0.15) is 17.2 Å². The number of hydrogen-bond donors (Lipinski definition) is 1. The summed E-state index contributed by atoms with van der Waals surface area (Å²) in [7, 11) is 1.56. The fourth-order valence-electron chi connectivity index (χ4n) is 2.84. The van der Waals surface area contributed by atoms with Gasteiger partial charge in [0.25, 0.3) is 5.91 Å². The van der Waals surface area contributed by atoms with E-state index in [1.54, 1.807) is 31.4 Å². The predicted octanol–water partition coefficient (Wildman–Crippen LogP) is 3.67. The largest absolute Gasteiger partial charge is 0.494 e. The van der Waals surface area contributed by atoms with Crippen molar-refractivity contribution in [2.24, 2.45) is 4.99 Å². The van der Waals surface area contributed by atoms with Crippen molar-refractivity contribution in [2.45, 2.75) is 0 Å². The lowest BCUT2D eigenvalue weighted by Gasteiger charge is -2.26. The molecule has 4 rings (SSSR count). The van der Waals surface area contributed by atoms with Gasteiger partial charge < -0.3 is 24.1 Å². The Bertz CT molecular complexity index is 950. The summed E-state index contributed by atoms with van der Waals surface area (Å²) < 4.78 is 16.5. The molecular weight excluding hydrogens is 402 g/mol. The lowest BCUT2D eigenvalue weighted by Crippen LogP contribution is -2.35. The molecule has 2 fully saturated rings. The van der Waals surface area contributed by atoms with Crippen LogP contribution < -0.4 is 15.0 Å². The molecule has 2 saturated heterocycles. The molecule has 0 aliphatic carbocycles. The van der Waals surface area contributed by atoms with Crippen LogP contribution in [0, 0.1) is 0 Å². The van der Waals surface area contributed by atoms with Crippen LogP contribution in [-0.2, 0) is 9.53 Å². The van der Waals surface area contributed by atoms with E-state index < -0.39 is 0 Å². The maximum Gasteiger partial charge on any atom is 0.264 e. The Kier molecular flexibility index (Phi) is 5.61. The van der Waals surface area contributed by atoms with Crippen molar-refractivity contribution in [1.82, 2.24) is 5.32 Å². The van der Waals surface area contributed by atoms with Gasteiger partial charge in [-0.05, 0) is 36.0 Å². The molecule has 1 N–H and O–H groups in total. The van der Waals surface area contributed by atoms with E-state index >= 15 is 0 Å². The van der Waals surface area contributed by atoms with Crippen molar-refractivity contribution in [3.8, 4) is 5.75 Å². The zero-order chi connectivity index (χ0) is 19.5. The summed E-state index contributed by atoms with van der Waals surface area (Å²) in [5, 5.41) is 3.75. The molecule has 0 unspecified atom stereocenters. The number of ether oxygens (including phenoxy) is 2. The molecule has 28 heavy (non-hydrogen) atoms. The van der Waals surface area contributed by atoms with Crippen molar-refractivity contribution in [3.05, 3.63) is 46.0 Å². The Morgan fingerprint density at radius 3 is 2.89 bits per heavy atom. The minimum atomic E-state index is -0.228. The highest BCUT2D eigenvalue weighted by Crippen LogP contribution is 2.34. The number of methoxy groups -OCH3 is 1. The summed E-state index contributed by atoms with van der Waals surface area (Å²) >= 11 is 7.27. The fourth-order valence-corrected chi connectivity index (χ4v) is 3.82. The van der Waals surface area contributed by atoms with E-state index in [-0.39, 0.29) is 5.91 Å². The van der Waals surface area contributed by atoms with Crippen molar-refractivity contribution in [3.63, 3.8) is 0 Å². The number of amides is 1. The van der Waals surface area contributed by atoms with Gasteiger partial charge in [0.2, 0.25) is 0 Å². The average molecular weight is 420 g/mol. The summed E-state index contributed by atoms with van der Waals surface area (Å²) in [4.78, 5) is 19.4. The van der Waals surface area contributed by atoms with Crippen LogP contribution in [0.25, 0.3) is 6.08 Å². The number of carbonyl (C=O) groups is 1. The number of rotatable bonds is 4. The van der Waals surface area contributed by atoms with Crippen LogP contribution in [0.15, 0.2) is 44.6 Å². The van der Waals surface area contributed by atoms with Crippen LogP contribution >= 0.6 is 23.4 Å². The fraction of sp³-hybridized carbons (Fsp3) is 0.263. The highest BCUT2D eigenvalue weighted by atomic mass is 35.5. The Balaban J connectivity index is 1.52. The number of furan rings is 1. The number of aliphatic imine (C=N–C) groups is 1. The Morgan fingerprint density at radius 1 is 1.29 bits per heavy atom. The van der Waals surface area contributed by atoms with Gasteiger partial charge in [0.15, 0.2) is 11.1 Å². The van der Waals surface area contributed by atoms with E-state index in [2.05, 4.69) is 15.2 Å². The van der Waals surface area contributed by atoms with Gasteiger partial charge in [-0.15, -0.1) is 0 Å². The number of thioether (sulfide) groups is 1. The number of hydrogen-bond acceptors (Lipinski definition) is 7. The van der Waals surface area contributed by atoms with Crippen molar-refractivity contribution in [2.75, 3.05) is 38.3 Å². The second kappa shape index (κ2) is 8.30. The minimum absolute atomic E-state index is 0.228. The van der Waals surface area contributed by atoms with E-state index in [0.717, 1.165) is 19.0 Å². The van der Waals surface area contributed by atoms with E-state index in [4.69, 9.17) is 25.5 Å². The first kappa shape index (κ1) is 18.9. The van der Waals surface area contributed by atoms with Crippen molar-refractivity contribution < 1.29 is 18.7 Å². The number of benzene rings is 1. The molecule has 1 aromatic carbocycles. The number of carbonyl (C=O) groups excluding carboxylic acids is 1. The van der Waals surface area contributed by atoms with Gasteiger partial charge in [0.05, 0.1) is 25.2 Å². The Labute approximate surface area is 171 Å². The molecule has 0 saturated carbocycles. The van der Waals surface area contributed by atoms with E-state index in [1.807, 2.05) is 12.1 Å². The van der Waals surface area contributed by atoms with Crippen LogP contribution in [-0.4, -0.2) is 44.5 Å². The predicted molar refractivity (Wildman–Crippen MR) is 111 cm³/mol. The molecule has 0 spiro atoms. The number of anilines is 1. The number of halogens is 1. The first-order valence-electron chi connectivity index (χ1n) is 8.68. The topological polar surface area (TPSA) is 76.3 Å². The second-order valence-electron chi connectivity index (χ2n) is 6.07. The van der Waals surface area contributed by atoms with E-state index in [0.29, 0.717) is 45.5 Å². The van der Waals surface area contributed by atoms with Gasteiger partial charge in [-0.25, -0.2) is 4.99 Å². The molecule has 146 valence electrons. The zero-order valence-electron chi connectivity index (χ0n) is 15.1.